The Morgan fingerprint density at radius 1 is 1.11 bits per heavy atom. The third kappa shape index (κ3) is 2.54. The molecule has 4 aliphatic rings. The van der Waals surface area contributed by atoms with Crippen LogP contribution in [-0.4, -0.2) is 18.5 Å². The average Bonchev–Trinajstić information content (AvgIpc) is 2.34. The van der Waals surface area contributed by atoms with E-state index in [1.165, 1.54) is 32.1 Å². The number of nitrogens with two attached hydrogens (primary N) is 1. The summed E-state index contributed by atoms with van der Waals surface area (Å²) in [6.45, 7) is 4.86. The van der Waals surface area contributed by atoms with Gasteiger partial charge >= 0.3 is 0 Å². The molecule has 0 aromatic carbocycles. The Kier molecular flexibility index (Phi) is 3.59. The molecule has 4 aliphatic carbocycles. The summed E-state index contributed by atoms with van der Waals surface area (Å²) in [5.74, 6) is 4.24. The molecule has 1 amide bonds. The molecule has 0 radical (unpaired) electrons. The van der Waals surface area contributed by atoms with Crippen molar-refractivity contribution < 1.29 is 4.79 Å². The molecule has 3 N–H and O–H groups in total. The molecular weight excluding hydrogens is 236 g/mol. The summed E-state index contributed by atoms with van der Waals surface area (Å²) < 4.78 is 0. The fraction of sp³-hybridized carbons (Fsp3) is 0.938. The summed E-state index contributed by atoms with van der Waals surface area (Å²) in [4.78, 5) is 12.5. The second kappa shape index (κ2) is 5.08. The number of rotatable bonds is 4. The topological polar surface area (TPSA) is 55.1 Å². The Hall–Kier alpha value is -0.570. The maximum atomic E-state index is 12.5. The van der Waals surface area contributed by atoms with Crippen LogP contribution in [0.25, 0.3) is 0 Å². The van der Waals surface area contributed by atoms with Crippen LogP contribution >= 0.6 is 0 Å². The van der Waals surface area contributed by atoms with Crippen LogP contribution in [-0.2, 0) is 4.79 Å². The largest absolute Gasteiger partial charge is 0.354 e. The summed E-state index contributed by atoms with van der Waals surface area (Å²) in [5, 5.41) is 3.13. The minimum atomic E-state index is 0.0841. The highest BCUT2D eigenvalue weighted by Gasteiger charge is 2.50. The van der Waals surface area contributed by atoms with Crippen molar-refractivity contribution in [3.05, 3.63) is 0 Å². The van der Waals surface area contributed by atoms with E-state index in [9.17, 15) is 4.79 Å². The second-order valence-corrected chi connectivity index (χ2v) is 7.61. The van der Waals surface area contributed by atoms with Crippen molar-refractivity contribution >= 4 is 5.91 Å². The quantitative estimate of drug-likeness (QED) is 0.817. The molecule has 4 fully saturated rings. The number of hydrogen-bond acceptors (Lipinski definition) is 2. The molecule has 1 atom stereocenters. The van der Waals surface area contributed by atoms with E-state index in [1.807, 2.05) is 0 Å². The smallest absolute Gasteiger partial charge is 0.223 e. The molecule has 1 unspecified atom stereocenters. The predicted molar refractivity (Wildman–Crippen MR) is 76.4 cm³/mol. The Bertz CT molecular complexity index is 325. The van der Waals surface area contributed by atoms with Gasteiger partial charge in [-0.1, -0.05) is 13.8 Å². The molecule has 0 spiro atoms. The van der Waals surface area contributed by atoms with Crippen molar-refractivity contribution in [2.75, 3.05) is 6.54 Å². The molecule has 3 heteroatoms. The maximum Gasteiger partial charge on any atom is 0.223 e. The summed E-state index contributed by atoms with van der Waals surface area (Å²) in [5.41, 5.74) is 6.02. The number of carbonyl (C=O) groups excluding carboxylic acids is 1. The summed E-state index contributed by atoms with van der Waals surface area (Å²) in [7, 11) is 0. The van der Waals surface area contributed by atoms with E-state index >= 15 is 0 Å². The monoisotopic (exact) mass is 264 g/mol. The predicted octanol–water partition coefficient (Wildman–Crippen LogP) is 2.16. The molecular formula is C16H28N2O. The van der Waals surface area contributed by atoms with E-state index in [1.54, 1.807) is 0 Å². The van der Waals surface area contributed by atoms with Crippen LogP contribution in [0.15, 0.2) is 0 Å². The van der Waals surface area contributed by atoms with E-state index in [0.29, 0.717) is 36.1 Å². The summed E-state index contributed by atoms with van der Waals surface area (Å²) >= 11 is 0. The van der Waals surface area contributed by atoms with Gasteiger partial charge in [0.25, 0.3) is 0 Å². The van der Waals surface area contributed by atoms with Gasteiger partial charge in [0.2, 0.25) is 5.91 Å². The average molecular weight is 264 g/mol. The highest BCUT2D eigenvalue weighted by Crippen LogP contribution is 2.56. The number of nitrogens with one attached hydrogen (secondary N) is 1. The Labute approximate surface area is 116 Å². The lowest BCUT2D eigenvalue weighted by molar-refractivity contribution is -0.138. The Morgan fingerprint density at radius 3 is 2.11 bits per heavy atom. The van der Waals surface area contributed by atoms with Gasteiger partial charge in [0.05, 0.1) is 0 Å². The van der Waals surface area contributed by atoms with Crippen molar-refractivity contribution in [3.63, 3.8) is 0 Å². The van der Waals surface area contributed by atoms with Crippen LogP contribution in [0.1, 0.15) is 46.0 Å². The highest BCUT2D eigenvalue weighted by atomic mass is 16.1. The lowest BCUT2D eigenvalue weighted by atomic mass is 9.51. The fourth-order valence-electron chi connectivity index (χ4n) is 4.93. The molecule has 0 aromatic heterocycles. The zero-order valence-corrected chi connectivity index (χ0v) is 12.3. The first-order chi connectivity index (χ1) is 9.04. The van der Waals surface area contributed by atoms with E-state index < -0.39 is 0 Å². The van der Waals surface area contributed by atoms with Gasteiger partial charge in [0, 0.05) is 18.5 Å². The lowest BCUT2D eigenvalue weighted by Gasteiger charge is -2.53. The van der Waals surface area contributed by atoms with Crippen molar-refractivity contribution in [1.82, 2.24) is 5.32 Å². The van der Waals surface area contributed by atoms with Gasteiger partial charge in [-0.15, -0.1) is 0 Å². The summed E-state index contributed by atoms with van der Waals surface area (Å²) in [6, 6.07) is 0.0841. The van der Waals surface area contributed by atoms with Gasteiger partial charge in [-0.25, -0.2) is 0 Å². The molecule has 4 rings (SSSR count). The molecule has 4 bridgehead atoms. The van der Waals surface area contributed by atoms with Crippen LogP contribution in [0.4, 0.5) is 0 Å². The van der Waals surface area contributed by atoms with Crippen molar-refractivity contribution in [2.24, 2.45) is 41.2 Å². The molecule has 0 aliphatic heterocycles. The van der Waals surface area contributed by atoms with Crippen LogP contribution in [0.2, 0.25) is 0 Å². The highest BCUT2D eigenvalue weighted by molar-refractivity contribution is 5.79. The zero-order valence-electron chi connectivity index (χ0n) is 12.3. The van der Waals surface area contributed by atoms with Gasteiger partial charge in [-0.2, -0.15) is 0 Å². The first-order valence-electron chi connectivity index (χ1n) is 8.08. The first kappa shape index (κ1) is 13.4. The number of carbonyl (C=O) groups is 1. The molecule has 19 heavy (non-hydrogen) atoms. The van der Waals surface area contributed by atoms with Crippen molar-refractivity contribution in [1.29, 1.82) is 0 Å². The normalized spacial score (nSPS) is 41.6. The SMILES string of the molecule is CC(C)C(N)CNC(=O)C1C2CC3CC(C2)CC1C3. The zero-order chi connectivity index (χ0) is 13.6. The third-order valence-electron chi connectivity index (χ3n) is 5.90. The van der Waals surface area contributed by atoms with Crippen LogP contribution in [0, 0.1) is 35.5 Å². The minimum Gasteiger partial charge on any atom is -0.354 e. The van der Waals surface area contributed by atoms with Gasteiger partial charge in [0.15, 0.2) is 0 Å². The van der Waals surface area contributed by atoms with Crippen LogP contribution < -0.4 is 11.1 Å². The van der Waals surface area contributed by atoms with Gasteiger partial charge in [0.1, 0.15) is 0 Å². The molecule has 4 saturated carbocycles. The van der Waals surface area contributed by atoms with E-state index in [-0.39, 0.29) is 6.04 Å². The molecule has 0 saturated heterocycles. The van der Waals surface area contributed by atoms with Gasteiger partial charge in [-0.3, -0.25) is 4.79 Å². The van der Waals surface area contributed by atoms with Crippen LogP contribution in [0.5, 0.6) is 0 Å². The third-order valence-corrected chi connectivity index (χ3v) is 5.90. The Morgan fingerprint density at radius 2 is 1.63 bits per heavy atom. The van der Waals surface area contributed by atoms with Gasteiger partial charge < -0.3 is 11.1 Å². The van der Waals surface area contributed by atoms with E-state index in [2.05, 4.69) is 19.2 Å². The van der Waals surface area contributed by atoms with Crippen LogP contribution in [0.3, 0.4) is 0 Å². The maximum absolute atomic E-state index is 12.5. The number of hydrogen-bond donors (Lipinski definition) is 2. The summed E-state index contributed by atoms with van der Waals surface area (Å²) in [6.07, 6.45) is 6.67. The fourth-order valence-corrected chi connectivity index (χ4v) is 4.93. The standard InChI is InChI=1S/C16H28N2O/c1-9(2)14(17)8-18-16(19)15-12-4-10-3-11(6-12)7-13(15)5-10/h9-15H,3-8,17H2,1-2H3,(H,18,19). The molecule has 0 aromatic rings. The lowest BCUT2D eigenvalue weighted by Crippen LogP contribution is -2.52. The first-order valence-corrected chi connectivity index (χ1v) is 8.08. The van der Waals surface area contributed by atoms with Crippen molar-refractivity contribution in [2.45, 2.75) is 52.0 Å². The molecule has 3 nitrogen and oxygen atoms in total. The molecule has 108 valence electrons. The van der Waals surface area contributed by atoms with E-state index in [4.69, 9.17) is 5.73 Å². The number of amides is 1. The molecule has 0 heterocycles. The van der Waals surface area contributed by atoms with Gasteiger partial charge in [-0.05, 0) is 61.7 Å². The second-order valence-electron chi connectivity index (χ2n) is 7.61. The van der Waals surface area contributed by atoms with Crippen molar-refractivity contribution in [3.8, 4) is 0 Å². The Balaban J connectivity index is 1.58. The van der Waals surface area contributed by atoms with E-state index in [0.717, 1.165) is 11.8 Å². The minimum absolute atomic E-state index is 0.0841.